The molecule has 0 aliphatic heterocycles. The van der Waals surface area contributed by atoms with Gasteiger partial charge in [-0.05, 0) is 17.7 Å². The van der Waals surface area contributed by atoms with Gasteiger partial charge in [0.05, 0.1) is 6.54 Å². The Hall–Kier alpha value is -3.16. The van der Waals surface area contributed by atoms with Crippen molar-refractivity contribution in [1.29, 1.82) is 0 Å². The van der Waals surface area contributed by atoms with Crippen molar-refractivity contribution in [3.63, 3.8) is 0 Å². The number of aromatic nitrogens is 2. The molecule has 0 fully saturated rings. The molecule has 3 rings (SSSR count). The first kappa shape index (κ1) is 17.7. The molecule has 0 radical (unpaired) electrons. The predicted molar refractivity (Wildman–Crippen MR) is 89.9 cm³/mol. The van der Waals surface area contributed by atoms with E-state index in [1.807, 2.05) is 30.3 Å². The number of benzene rings is 1. The molecule has 136 valence electrons. The number of halogens is 2. The number of anilines is 1. The van der Waals surface area contributed by atoms with E-state index in [0.29, 0.717) is 5.76 Å². The van der Waals surface area contributed by atoms with Crippen LogP contribution in [0, 0.1) is 0 Å². The van der Waals surface area contributed by atoms with Gasteiger partial charge in [-0.25, -0.2) is 4.79 Å². The fourth-order valence-corrected chi connectivity index (χ4v) is 2.24. The van der Waals surface area contributed by atoms with E-state index in [1.54, 1.807) is 12.3 Å². The number of hydrogen-bond acceptors (Lipinski definition) is 4. The van der Waals surface area contributed by atoms with E-state index in [9.17, 15) is 13.6 Å². The number of amides is 1. The predicted octanol–water partition coefficient (Wildman–Crippen LogP) is 4.38. The van der Waals surface area contributed by atoms with E-state index >= 15 is 0 Å². The Kier molecular flexibility index (Phi) is 5.01. The molecule has 0 spiro atoms. The molecule has 3 aromatic rings. The van der Waals surface area contributed by atoms with Gasteiger partial charge in [0.15, 0.2) is 11.6 Å². The van der Waals surface area contributed by atoms with Crippen molar-refractivity contribution in [2.75, 3.05) is 5.32 Å². The molecule has 1 aromatic carbocycles. The van der Waals surface area contributed by atoms with Crippen LogP contribution in [-0.2, 0) is 23.8 Å². The molecule has 0 saturated carbocycles. The number of nitrogens with zero attached hydrogens (tertiary/aromatic N) is 2. The number of carbonyl (C=O) groups excluding carboxylic acids is 1. The van der Waals surface area contributed by atoms with Gasteiger partial charge in [-0.1, -0.05) is 30.3 Å². The van der Waals surface area contributed by atoms with Crippen LogP contribution < -0.4 is 5.32 Å². The summed E-state index contributed by atoms with van der Waals surface area (Å²) in [5.41, 5.74) is 0.870. The average molecular weight is 361 g/mol. The summed E-state index contributed by atoms with van der Waals surface area (Å²) in [4.78, 5) is 11.8. The van der Waals surface area contributed by atoms with Crippen LogP contribution in [0.4, 0.5) is 19.4 Å². The summed E-state index contributed by atoms with van der Waals surface area (Å²) < 4.78 is 38.0. The third-order valence-corrected chi connectivity index (χ3v) is 3.50. The van der Waals surface area contributed by atoms with E-state index < -0.39 is 17.8 Å². The molecule has 0 unspecified atom stereocenters. The average Bonchev–Trinajstić information content (AvgIpc) is 3.24. The fourth-order valence-electron chi connectivity index (χ4n) is 2.24. The van der Waals surface area contributed by atoms with Crippen LogP contribution in [0.3, 0.4) is 0 Å². The Bertz CT molecular complexity index is 869. The minimum Gasteiger partial charge on any atom is -0.458 e. The summed E-state index contributed by atoms with van der Waals surface area (Å²) in [5.74, 6) is -2.81. The molecule has 1 amide bonds. The monoisotopic (exact) mass is 361 g/mol. The molecule has 26 heavy (non-hydrogen) atoms. The molecule has 0 aliphatic carbocycles. The molecule has 0 atom stereocenters. The first-order chi connectivity index (χ1) is 12.4. The van der Waals surface area contributed by atoms with Crippen LogP contribution >= 0.6 is 0 Å². The van der Waals surface area contributed by atoms with Gasteiger partial charge in [-0.2, -0.15) is 13.9 Å². The lowest BCUT2D eigenvalue weighted by atomic mass is 10.2. The molecule has 8 heteroatoms. The van der Waals surface area contributed by atoms with Crippen molar-refractivity contribution >= 4 is 11.9 Å². The molecular weight excluding hydrogens is 344 g/mol. The second-order valence-electron chi connectivity index (χ2n) is 5.74. The molecule has 2 aromatic heterocycles. The highest BCUT2D eigenvalue weighted by Gasteiger charge is 2.28. The highest BCUT2D eigenvalue weighted by molar-refractivity contribution is 5.83. The number of carbonyl (C=O) groups is 1. The van der Waals surface area contributed by atoms with Gasteiger partial charge in [-0.15, -0.1) is 0 Å². The maximum atomic E-state index is 13.2. The Morgan fingerprint density at radius 3 is 2.69 bits per heavy atom. The van der Waals surface area contributed by atoms with E-state index in [-0.39, 0.29) is 19.0 Å². The molecule has 0 bridgehead atoms. The largest absolute Gasteiger partial charge is 0.458 e. The van der Waals surface area contributed by atoms with Crippen LogP contribution in [0.15, 0.2) is 59.1 Å². The first-order valence-corrected chi connectivity index (χ1v) is 7.88. The minimum atomic E-state index is -3.03. The SMILES string of the molecule is CC(F)(F)c1ccc(Cn2ccc(NC(=O)OCc3ccccc3)n2)o1. The molecule has 6 nitrogen and oxygen atoms in total. The zero-order valence-electron chi connectivity index (χ0n) is 14.0. The van der Waals surface area contributed by atoms with E-state index in [2.05, 4.69) is 10.4 Å². The number of hydrogen-bond donors (Lipinski definition) is 1. The summed E-state index contributed by atoms with van der Waals surface area (Å²) in [6.07, 6.45) is 0.962. The summed E-state index contributed by atoms with van der Waals surface area (Å²) in [6, 6.07) is 13.6. The van der Waals surface area contributed by atoms with Crippen LogP contribution in [0.5, 0.6) is 0 Å². The highest BCUT2D eigenvalue weighted by Crippen LogP contribution is 2.28. The number of nitrogens with one attached hydrogen (secondary N) is 1. The number of furan rings is 1. The third kappa shape index (κ3) is 4.69. The van der Waals surface area contributed by atoms with Crippen LogP contribution in [0.25, 0.3) is 0 Å². The van der Waals surface area contributed by atoms with Gasteiger partial charge in [-0.3, -0.25) is 10.00 Å². The normalized spacial score (nSPS) is 11.3. The van der Waals surface area contributed by atoms with Gasteiger partial charge in [0.1, 0.15) is 12.4 Å². The van der Waals surface area contributed by atoms with Crippen LogP contribution in [0.2, 0.25) is 0 Å². The second-order valence-corrected chi connectivity index (χ2v) is 5.74. The van der Waals surface area contributed by atoms with Crippen molar-refractivity contribution < 1.29 is 22.7 Å². The molecule has 1 N–H and O–H groups in total. The van der Waals surface area contributed by atoms with E-state index in [4.69, 9.17) is 9.15 Å². The van der Waals surface area contributed by atoms with Gasteiger partial charge in [0.2, 0.25) is 0 Å². The van der Waals surface area contributed by atoms with Crippen LogP contribution in [0.1, 0.15) is 24.0 Å². The highest BCUT2D eigenvalue weighted by atomic mass is 19.3. The second kappa shape index (κ2) is 7.38. The van der Waals surface area contributed by atoms with Crippen molar-refractivity contribution in [3.8, 4) is 0 Å². The minimum absolute atomic E-state index is 0.147. The van der Waals surface area contributed by atoms with Gasteiger partial charge >= 0.3 is 12.0 Å². The quantitative estimate of drug-likeness (QED) is 0.707. The zero-order chi connectivity index (χ0) is 18.6. The van der Waals surface area contributed by atoms with Gasteiger partial charge in [0.25, 0.3) is 0 Å². The third-order valence-electron chi connectivity index (χ3n) is 3.50. The Morgan fingerprint density at radius 1 is 1.23 bits per heavy atom. The smallest absolute Gasteiger partial charge is 0.413 e. The summed E-state index contributed by atoms with van der Waals surface area (Å²) >= 11 is 0. The van der Waals surface area contributed by atoms with E-state index in [0.717, 1.165) is 12.5 Å². The van der Waals surface area contributed by atoms with Gasteiger partial charge < -0.3 is 9.15 Å². The summed E-state index contributed by atoms with van der Waals surface area (Å²) in [7, 11) is 0. The van der Waals surface area contributed by atoms with Crippen molar-refractivity contribution in [2.45, 2.75) is 26.0 Å². The topological polar surface area (TPSA) is 69.3 Å². The number of rotatable bonds is 6. The lowest BCUT2D eigenvalue weighted by Gasteiger charge is -2.06. The molecule has 2 heterocycles. The summed E-state index contributed by atoms with van der Waals surface area (Å²) in [5, 5.41) is 6.63. The Labute approximate surface area is 148 Å². The van der Waals surface area contributed by atoms with Crippen molar-refractivity contribution in [2.24, 2.45) is 0 Å². The fraction of sp³-hybridized carbons (Fsp3) is 0.222. The maximum Gasteiger partial charge on any atom is 0.413 e. The molecule has 0 aliphatic rings. The first-order valence-electron chi connectivity index (χ1n) is 7.88. The zero-order valence-corrected chi connectivity index (χ0v) is 14.0. The van der Waals surface area contributed by atoms with Gasteiger partial charge in [0, 0.05) is 19.2 Å². The van der Waals surface area contributed by atoms with E-state index in [1.165, 1.54) is 16.8 Å². The molecular formula is C18H17F2N3O3. The van der Waals surface area contributed by atoms with Crippen LogP contribution in [-0.4, -0.2) is 15.9 Å². The number of alkyl halides is 2. The van der Waals surface area contributed by atoms with Crippen molar-refractivity contribution in [1.82, 2.24) is 9.78 Å². The maximum absolute atomic E-state index is 13.2. The summed E-state index contributed by atoms with van der Waals surface area (Å²) in [6.45, 7) is 1.08. The standard InChI is InChI=1S/C18H17F2N3O3/c1-18(19,20)15-8-7-14(26-15)11-23-10-9-16(22-23)21-17(24)25-12-13-5-3-2-4-6-13/h2-10H,11-12H2,1H3,(H,21,22,24). The Morgan fingerprint density at radius 2 is 2.00 bits per heavy atom. The lowest BCUT2D eigenvalue weighted by molar-refractivity contribution is -0.00636. The molecule has 0 saturated heterocycles. The number of ether oxygens (including phenoxy) is 1. The van der Waals surface area contributed by atoms with Crippen molar-refractivity contribution in [3.05, 3.63) is 71.8 Å². The lowest BCUT2D eigenvalue weighted by Crippen LogP contribution is -2.14. The Balaban J connectivity index is 1.53.